The highest BCUT2D eigenvalue weighted by Gasteiger charge is 2.41. The van der Waals surface area contributed by atoms with Gasteiger partial charge in [-0.15, -0.1) is 0 Å². The lowest BCUT2D eigenvalue weighted by molar-refractivity contribution is 0.243. The molecule has 1 aromatic rings. The van der Waals surface area contributed by atoms with Crippen molar-refractivity contribution in [3.63, 3.8) is 0 Å². The van der Waals surface area contributed by atoms with Gasteiger partial charge < -0.3 is 10.8 Å². The van der Waals surface area contributed by atoms with Crippen LogP contribution in [0, 0.1) is 13.8 Å². The Morgan fingerprint density at radius 3 is 2.50 bits per heavy atom. The van der Waals surface area contributed by atoms with E-state index in [1.165, 1.54) is 17.5 Å². The SMILES string of the molecule is Cc1cc(Br)c(O)c(C2(CN)CCC2)c1C. The van der Waals surface area contributed by atoms with Crippen LogP contribution in [0.5, 0.6) is 5.75 Å². The molecule has 1 saturated carbocycles. The predicted molar refractivity (Wildman–Crippen MR) is 69.9 cm³/mol. The van der Waals surface area contributed by atoms with Gasteiger partial charge >= 0.3 is 0 Å². The Morgan fingerprint density at radius 2 is 2.06 bits per heavy atom. The van der Waals surface area contributed by atoms with Crippen molar-refractivity contribution in [2.24, 2.45) is 5.73 Å². The van der Waals surface area contributed by atoms with Crippen molar-refractivity contribution in [2.75, 3.05) is 6.54 Å². The zero-order chi connectivity index (χ0) is 11.9. The topological polar surface area (TPSA) is 46.2 Å². The van der Waals surface area contributed by atoms with E-state index in [1.54, 1.807) is 0 Å². The minimum Gasteiger partial charge on any atom is -0.506 e. The molecule has 3 N–H and O–H groups in total. The Hall–Kier alpha value is -0.540. The van der Waals surface area contributed by atoms with E-state index in [0.29, 0.717) is 12.3 Å². The lowest BCUT2D eigenvalue weighted by Crippen LogP contribution is -2.42. The summed E-state index contributed by atoms with van der Waals surface area (Å²) in [6.45, 7) is 4.77. The second kappa shape index (κ2) is 4.04. The zero-order valence-corrected chi connectivity index (χ0v) is 11.4. The number of halogens is 1. The zero-order valence-electron chi connectivity index (χ0n) is 9.81. The highest BCUT2D eigenvalue weighted by molar-refractivity contribution is 9.10. The number of rotatable bonds is 2. The summed E-state index contributed by atoms with van der Waals surface area (Å²) >= 11 is 3.42. The van der Waals surface area contributed by atoms with Gasteiger partial charge in [0.1, 0.15) is 5.75 Å². The lowest BCUT2D eigenvalue weighted by atomic mass is 9.63. The van der Waals surface area contributed by atoms with Crippen LogP contribution in [-0.4, -0.2) is 11.7 Å². The number of aryl methyl sites for hydroxylation is 1. The van der Waals surface area contributed by atoms with Crippen LogP contribution in [0.2, 0.25) is 0 Å². The van der Waals surface area contributed by atoms with E-state index in [4.69, 9.17) is 5.73 Å². The van der Waals surface area contributed by atoms with E-state index in [0.717, 1.165) is 22.9 Å². The Morgan fingerprint density at radius 1 is 1.44 bits per heavy atom. The van der Waals surface area contributed by atoms with Crippen LogP contribution in [0.25, 0.3) is 0 Å². The van der Waals surface area contributed by atoms with E-state index < -0.39 is 0 Å². The molecular weight excluding hydrogens is 266 g/mol. The molecule has 0 atom stereocenters. The minimum atomic E-state index is 0.0166. The molecule has 0 spiro atoms. The van der Waals surface area contributed by atoms with E-state index in [9.17, 15) is 5.11 Å². The van der Waals surface area contributed by atoms with E-state index in [1.807, 2.05) is 6.07 Å². The molecule has 1 aliphatic carbocycles. The Kier molecular flexibility index (Phi) is 3.01. The van der Waals surface area contributed by atoms with E-state index in [-0.39, 0.29) is 5.41 Å². The summed E-state index contributed by atoms with van der Waals surface area (Å²) < 4.78 is 0.783. The van der Waals surface area contributed by atoms with Gasteiger partial charge in [0.2, 0.25) is 0 Å². The highest BCUT2D eigenvalue weighted by atomic mass is 79.9. The maximum atomic E-state index is 10.2. The summed E-state index contributed by atoms with van der Waals surface area (Å²) in [5.74, 6) is 0.383. The summed E-state index contributed by atoms with van der Waals surface area (Å²) in [5, 5.41) is 10.2. The summed E-state index contributed by atoms with van der Waals surface area (Å²) in [4.78, 5) is 0. The van der Waals surface area contributed by atoms with Gasteiger partial charge in [0, 0.05) is 17.5 Å². The molecule has 0 aliphatic heterocycles. The summed E-state index contributed by atoms with van der Waals surface area (Å²) in [7, 11) is 0. The molecular formula is C13H18BrNO. The molecule has 0 bridgehead atoms. The van der Waals surface area contributed by atoms with Gasteiger partial charge in [-0.2, -0.15) is 0 Å². The molecule has 0 amide bonds. The van der Waals surface area contributed by atoms with E-state index in [2.05, 4.69) is 29.8 Å². The van der Waals surface area contributed by atoms with Crippen LogP contribution in [0.4, 0.5) is 0 Å². The fourth-order valence-corrected chi connectivity index (χ4v) is 3.21. The quantitative estimate of drug-likeness (QED) is 0.876. The Bertz CT molecular complexity index is 393. The van der Waals surface area contributed by atoms with Crippen molar-refractivity contribution in [1.82, 2.24) is 0 Å². The van der Waals surface area contributed by atoms with Gasteiger partial charge in [-0.3, -0.25) is 0 Å². The summed E-state index contributed by atoms with van der Waals surface area (Å²) in [5.41, 5.74) is 9.39. The minimum absolute atomic E-state index is 0.0166. The number of phenols is 1. The van der Waals surface area contributed by atoms with Crippen molar-refractivity contribution in [3.05, 3.63) is 27.2 Å². The van der Waals surface area contributed by atoms with Crippen molar-refractivity contribution in [3.8, 4) is 5.75 Å². The molecule has 1 aliphatic rings. The molecule has 16 heavy (non-hydrogen) atoms. The van der Waals surface area contributed by atoms with Gasteiger partial charge in [0.15, 0.2) is 0 Å². The van der Waals surface area contributed by atoms with Crippen molar-refractivity contribution >= 4 is 15.9 Å². The molecule has 88 valence electrons. The van der Waals surface area contributed by atoms with Crippen LogP contribution in [-0.2, 0) is 5.41 Å². The summed E-state index contributed by atoms with van der Waals surface area (Å²) in [6, 6.07) is 1.97. The van der Waals surface area contributed by atoms with Gasteiger partial charge in [-0.1, -0.05) is 6.42 Å². The second-order valence-corrected chi connectivity index (χ2v) is 5.72. The number of aromatic hydroxyl groups is 1. The molecule has 0 saturated heterocycles. The van der Waals surface area contributed by atoms with Crippen LogP contribution >= 0.6 is 15.9 Å². The second-order valence-electron chi connectivity index (χ2n) is 4.86. The molecule has 0 aromatic heterocycles. The largest absolute Gasteiger partial charge is 0.506 e. The molecule has 0 radical (unpaired) electrons. The maximum absolute atomic E-state index is 10.2. The third kappa shape index (κ3) is 1.57. The molecule has 2 rings (SSSR count). The number of hydrogen-bond acceptors (Lipinski definition) is 2. The Balaban J connectivity index is 2.63. The van der Waals surface area contributed by atoms with Crippen LogP contribution in [0.1, 0.15) is 36.0 Å². The predicted octanol–water partition coefficient (Wildman–Crippen LogP) is 3.15. The first-order valence-corrected chi connectivity index (χ1v) is 6.50. The fourth-order valence-electron chi connectivity index (χ4n) is 2.67. The number of nitrogens with two attached hydrogens (primary N) is 1. The first-order chi connectivity index (χ1) is 7.52. The number of hydrogen-bond donors (Lipinski definition) is 2. The van der Waals surface area contributed by atoms with Crippen molar-refractivity contribution in [1.29, 1.82) is 0 Å². The fraction of sp³-hybridized carbons (Fsp3) is 0.538. The van der Waals surface area contributed by atoms with Crippen LogP contribution < -0.4 is 5.73 Å². The average molecular weight is 284 g/mol. The van der Waals surface area contributed by atoms with Crippen LogP contribution in [0.3, 0.4) is 0 Å². The first kappa shape index (κ1) is 11.9. The third-order valence-corrected chi connectivity index (χ3v) is 4.61. The molecule has 3 heteroatoms. The lowest BCUT2D eigenvalue weighted by Gasteiger charge is -2.43. The maximum Gasteiger partial charge on any atom is 0.133 e. The monoisotopic (exact) mass is 283 g/mol. The molecule has 0 unspecified atom stereocenters. The smallest absolute Gasteiger partial charge is 0.133 e. The Labute approximate surface area is 105 Å². The van der Waals surface area contributed by atoms with Crippen molar-refractivity contribution in [2.45, 2.75) is 38.5 Å². The third-order valence-electron chi connectivity index (χ3n) is 4.00. The van der Waals surface area contributed by atoms with Crippen molar-refractivity contribution < 1.29 is 5.11 Å². The highest BCUT2D eigenvalue weighted by Crippen LogP contribution is 2.49. The molecule has 1 aromatic carbocycles. The molecule has 1 fully saturated rings. The average Bonchev–Trinajstić information content (AvgIpc) is 2.19. The number of phenolic OH excluding ortho intramolecular Hbond substituents is 1. The normalized spacial score (nSPS) is 18.2. The van der Waals surface area contributed by atoms with Gasteiger partial charge in [-0.25, -0.2) is 0 Å². The number of benzene rings is 1. The first-order valence-electron chi connectivity index (χ1n) is 5.71. The summed E-state index contributed by atoms with van der Waals surface area (Å²) in [6.07, 6.45) is 3.39. The van der Waals surface area contributed by atoms with Crippen LogP contribution in [0.15, 0.2) is 10.5 Å². The van der Waals surface area contributed by atoms with Gasteiger partial charge in [0.25, 0.3) is 0 Å². The van der Waals surface area contributed by atoms with Gasteiger partial charge in [-0.05, 0) is 59.8 Å². The van der Waals surface area contributed by atoms with Gasteiger partial charge in [0.05, 0.1) is 4.47 Å². The standard InChI is InChI=1S/C13H18BrNO/c1-8-6-10(14)12(16)11(9(8)2)13(7-15)4-3-5-13/h6,16H,3-5,7,15H2,1-2H3. The van der Waals surface area contributed by atoms with E-state index >= 15 is 0 Å². The molecule has 0 heterocycles. The molecule has 2 nitrogen and oxygen atoms in total.